The molecule has 1 N–H and O–H groups in total. The Morgan fingerprint density at radius 1 is 1.17 bits per heavy atom. The Balaban J connectivity index is 1.37. The minimum Gasteiger partial charge on any atom is -0.352 e. The number of amides is 1. The lowest BCUT2D eigenvalue weighted by molar-refractivity contribution is 0.0947. The van der Waals surface area contributed by atoms with E-state index in [9.17, 15) is 4.79 Å². The maximum absolute atomic E-state index is 12.7. The van der Waals surface area contributed by atoms with Crippen LogP contribution < -0.4 is 5.32 Å². The molecule has 2 fully saturated rings. The van der Waals surface area contributed by atoms with Crippen LogP contribution in [0.1, 0.15) is 53.6 Å². The molecule has 1 saturated carbocycles. The Labute approximate surface area is 173 Å². The Morgan fingerprint density at radius 2 is 2.00 bits per heavy atom. The summed E-state index contributed by atoms with van der Waals surface area (Å²) in [6.07, 6.45) is 6.62. The predicted molar refractivity (Wildman–Crippen MR) is 116 cm³/mol. The van der Waals surface area contributed by atoms with Crippen LogP contribution in [0.15, 0.2) is 42.5 Å². The summed E-state index contributed by atoms with van der Waals surface area (Å²) in [6, 6.07) is 16.4. The molecule has 1 amide bonds. The average molecular weight is 388 g/mol. The zero-order chi connectivity index (χ0) is 20.2. The highest BCUT2D eigenvalue weighted by molar-refractivity contribution is 5.95. The molecule has 0 spiro atoms. The number of nitrogens with one attached hydrogen (secondary N) is 1. The molecule has 0 radical (unpaired) electrons. The third-order valence-electron chi connectivity index (χ3n) is 6.50. The van der Waals surface area contributed by atoms with E-state index >= 15 is 0 Å². The van der Waals surface area contributed by atoms with Gasteiger partial charge in [0.25, 0.3) is 5.91 Å². The van der Waals surface area contributed by atoms with Gasteiger partial charge in [-0.3, -0.25) is 4.79 Å². The minimum absolute atomic E-state index is 0.00235. The number of carbonyl (C=O) groups excluding carboxylic acids is 1. The van der Waals surface area contributed by atoms with Crippen LogP contribution in [-0.4, -0.2) is 36.5 Å². The Kier molecular flexibility index (Phi) is 5.97. The second kappa shape index (κ2) is 8.80. The molecule has 1 saturated heterocycles. The molecule has 1 atom stereocenters. The van der Waals surface area contributed by atoms with E-state index in [-0.39, 0.29) is 5.91 Å². The van der Waals surface area contributed by atoms with E-state index in [1.54, 1.807) is 0 Å². The molecule has 2 aromatic carbocycles. The standard InChI is InChI=1S/C25H29N3O/c1-18-13-19(15-26)9-10-24(18)21-5-4-6-22(14-21)25(29)27-16-20-11-12-28(17-20)23-7-2-3-8-23/h4-6,9-10,13-14,20,23H,2-3,7-8,11-12,16-17H2,1H3,(H,27,29)/t20-/m0/s1. The molecule has 4 rings (SSSR count). The van der Waals surface area contributed by atoms with Gasteiger partial charge in [-0.2, -0.15) is 5.26 Å². The van der Waals surface area contributed by atoms with Gasteiger partial charge in [-0.05, 0) is 79.6 Å². The van der Waals surface area contributed by atoms with E-state index < -0.39 is 0 Å². The van der Waals surface area contributed by atoms with Gasteiger partial charge >= 0.3 is 0 Å². The highest BCUT2D eigenvalue weighted by atomic mass is 16.1. The summed E-state index contributed by atoms with van der Waals surface area (Å²) < 4.78 is 0. The fraction of sp³-hybridized carbons (Fsp3) is 0.440. The first kappa shape index (κ1) is 19.7. The van der Waals surface area contributed by atoms with Crippen molar-refractivity contribution in [3.05, 3.63) is 59.2 Å². The average Bonchev–Trinajstić information content (AvgIpc) is 3.43. The van der Waals surface area contributed by atoms with Crippen LogP contribution in [0.3, 0.4) is 0 Å². The number of hydrogen-bond acceptors (Lipinski definition) is 3. The number of likely N-dealkylation sites (tertiary alicyclic amines) is 1. The Bertz CT molecular complexity index is 924. The molecule has 2 aliphatic rings. The number of nitrogens with zero attached hydrogens (tertiary/aromatic N) is 2. The smallest absolute Gasteiger partial charge is 0.251 e. The van der Waals surface area contributed by atoms with E-state index in [2.05, 4.69) is 16.3 Å². The largest absolute Gasteiger partial charge is 0.352 e. The molecule has 0 unspecified atom stereocenters. The van der Waals surface area contributed by atoms with Crippen molar-refractivity contribution in [1.82, 2.24) is 10.2 Å². The van der Waals surface area contributed by atoms with Crippen LogP contribution >= 0.6 is 0 Å². The molecule has 0 aromatic heterocycles. The van der Waals surface area contributed by atoms with E-state index in [4.69, 9.17) is 5.26 Å². The topological polar surface area (TPSA) is 56.1 Å². The normalized spacial score (nSPS) is 19.9. The predicted octanol–water partition coefficient (Wildman–Crippen LogP) is 4.53. The molecule has 29 heavy (non-hydrogen) atoms. The van der Waals surface area contributed by atoms with Crippen LogP contribution in [0.25, 0.3) is 11.1 Å². The van der Waals surface area contributed by atoms with Crippen LogP contribution in [-0.2, 0) is 0 Å². The maximum Gasteiger partial charge on any atom is 0.251 e. The number of rotatable bonds is 5. The van der Waals surface area contributed by atoms with Crippen molar-refractivity contribution in [3.63, 3.8) is 0 Å². The maximum atomic E-state index is 12.7. The van der Waals surface area contributed by atoms with Gasteiger partial charge in [0, 0.05) is 24.7 Å². The molecule has 4 nitrogen and oxygen atoms in total. The number of hydrogen-bond donors (Lipinski definition) is 1. The summed E-state index contributed by atoms with van der Waals surface area (Å²) in [7, 11) is 0. The summed E-state index contributed by atoms with van der Waals surface area (Å²) in [4.78, 5) is 15.4. The quantitative estimate of drug-likeness (QED) is 0.820. The molecule has 2 aromatic rings. The SMILES string of the molecule is Cc1cc(C#N)ccc1-c1cccc(C(=O)NC[C@@H]2CCN(C3CCCC3)C2)c1. The zero-order valence-corrected chi connectivity index (χ0v) is 17.2. The van der Waals surface area contributed by atoms with Gasteiger partial charge in [0.15, 0.2) is 0 Å². The zero-order valence-electron chi connectivity index (χ0n) is 17.2. The highest BCUT2D eigenvalue weighted by Gasteiger charge is 2.29. The summed E-state index contributed by atoms with van der Waals surface area (Å²) in [6.45, 7) is 5.05. The fourth-order valence-corrected chi connectivity index (χ4v) is 4.85. The van der Waals surface area contributed by atoms with E-state index in [1.807, 2.05) is 49.4 Å². The number of benzene rings is 2. The van der Waals surface area contributed by atoms with Crippen LogP contribution in [0.2, 0.25) is 0 Å². The first-order valence-electron chi connectivity index (χ1n) is 10.8. The number of nitriles is 1. The van der Waals surface area contributed by atoms with Crippen molar-refractivity contribution < 1.29 is 4.79 Å². The van der Waals surface area contributed by atoms with Gasteiger partial charge in [-0.25, -0.2) is 0 Å². The van der Waals surface area contributed by atoms with E-state index in [0.717, 1.165) is 35.8 Å². The molecule has 150 valence electrons. The third-order valence-corrected chi connectivity index (χ3v) is 6.50. The van der Waals surface area contributed by atoms with Crippen molar-refractivity contribution in [2.75, 3.05) is 19.6 Å². The van der Waals surface area contributed by atoms with Crippen LogP contribution in [0.4, 0.5) is 0 Å². The lowest BCUT2D eigenvalue weighted by Crippen LogP contribution is -2.34. The highest BCUT2D eigenvalue weighted by Crippen LogP contribution is 2.28. The Morgan fingerprint density at radius 3 is 2.76 bits per heavy atom. The second-order valence-corrected chi connectivity index (χ2v) is 8.52. The van der Waals surface area contributed by atoms with Gasteiger partial charge < -0.3 is 10.2 Å². The van der Waals surface area contributed by atoms with Crippen LogP contribution in [0, 0.1) is 24.2 Å². The first-order valence-corrected chi connectivity index (χ1v) is 10.8. The van der Waals surface area contributed by atoms with Crippen LogP contribution in [0.5, 0.6) is 0 Å². The monoisotopic (exact) mass is 387 g/mol. The Hall–Kier alpha value is -2.64. The van der Waals surface area contributed by atoms with Gasteiger partial charge in [0.05, 0.1) is 11.6 Å². The summed E-state index contributed by atoms with van der Waals surface area (Å²) >= 11 is 0. The lowest BCUT2D eigenvalue weighted by atomic mass is 9.97. The summed E-state index contributed by atoms with van der Waals surface area (Å²) in [5.41, 5.74) is 4.45. The second-order valence-electron chi connectivity index (χ2n) is 8.52. The molecular weight excluding hydrogens is 358 g/mol. The van der Waals surface area contributed by atoms with E-state index in [1.165, 1.54) is 38.6 Å². The number of carbonyl (C=O) groups is 1. The summed E-state index contributed by atoms with van der Waals surface area (Å²) in [5, 5.41) is 12.2. The summed E-state index contributed by atoms with van der Waals surface area (Å²) in [5.74, 6) is 0.556. The van der Waals surface area contributed by atoms with Crippen molar-refractivity contribution in [2.24, 2.45) is 5.92 Å². The van der Waals surface area contributed by atoms with Gasteiger partial charge in [0.1, 0.15) is 0 Å². The van der Waals surface area contributed by atoms with E-state index in [0.29, 0.717) is 17.0 Å². The minimum atomic E-state index is -0.00235. The van der Waals surface area contributed by atoms with Crippen molar-refractivity contribution >= 4 is 5.91 Å². The van der Waals surface area contributed by atoms with Crippen molar-refractivity contribution in [1.29, 1.82) is 5.26 Å². The lowest BCUT2D eigenvalue weighted by Gasteiger charge is -2.23. The fourth-order valence-electron chi connectivity index (χ4n) is 4.85. The third kappa shape index (κ3) is 4.52. The first-order chi connectivity index (χ1) is 14.1. The van der Waals surface area contributed by atoms with Crippen molar-refractivity contribution in [2.45, 2.75) is 45.1 Å². The van der Waals surface area contributed by atoms with Gasteiger partial charge in [-0.1, -0.05) is 31.0 Å². The van der Waals surface area contributed by atoms with Gasteiger partial charge in [-0.15, -0.1) is 0 Å². The number of aryl methyl sites for hydroxylation is 1. The van der Waals surface area contributed by atoms with Gasteiger partial charge in [0.2, 0.25) is 0 Å². The molecule has 1 aliphatic heterocycles. The molecule has 4 heteroatoms. The molecule has 1 aliphatic carbocycles. The molecule has 0 bridgehead atoms. The van der Waals surface area contributed by atoms with Crippen molar-refractivity contribution in [3.8, 4) is 17.2 Å². The molecular formula is C25H29N3O. The molecule has 1 heterocycles.